The van der Waals surface area contributed by atoms with E-state index >= 15 is 0 Å². The van der Waals surface area contributed by atoms with E-state index in [1.807, 2.05) is 0 Å². The second-order valence-electron chi connectivity index (χ2n) is 5.79. The van der Waals surface area contributed by atoms with Crippen LogP contribution in [0.25, 0.3) is 0 Å². The summed E-state index contributed by atoms with van der Waals surface area (Å²) in [4.78, 5) is 13.7. The molecule has 0 saturated carbocycles. The molecule has 0 spiro atoms. The van der Waals surface area contributed by atoms with E-state index in [0.29, 0.717) is 6.61 Å². The van der Waals surface area contributed by atoms with Gasteiger partial charge in [-0.05, 0) is 38.3 Å². The smallest absolute Gasteiger partial charge is 0.129 e. The van der Waals surface area contributed by atoms with Gasteiger partial charge in [-0.3, -0.25) is 0 Å². The molecule has 3 heteroatoms. The quantitative estimate of drug-likeness (QED) is 0.688. The molecule has 0 aromatic rings. The van der Waals surface area contributed by atoms with Gasteiger partial charge in [0.1, 0.15) is 6.29 Å². The molecule has 2 rings (SSSR count). The van der Waals surface area contributed by atoms with Crippen LogP contribution in [-0.2, 0) is 9.53 Å². The topological polar surface area (TPSA) is 29.5 Å². The number of ether oxygens (including phenoxy) is 1. The van der Waals surface area contributed by atoms with E-state index in [9.17, 15) is 4.79 Å². The summed E-state index contributed by atoms with van der Waals surface area (Å²) in [6.45, 7) is 6.90. The molecule has 1 unspecified atom stereocenters. The Hall–Kier alpha value is -0.410. The van der Waals surface area contributed by atoms with Gasteiger partial charge in [-0.25, -0.2) is 0 Å². The molecule has 2 aliphatic rings. The number of hydrogen-bond donors (Lipinski definition) is 0. The zero-order chi connectivity index (χ0) is 12.1. The van der Waals surface area contributed by atoms with E-state index < -0.39 is 0 Å². The highest BCUT2D eigenvalue weighted by atomic mass is 16.5. The van der Waals surface area contributed by atoms with Crippen molar-refractivity contribution in [3.63, 3.8) is 0 Å². The van der Waals surface area contributed by atoms with Crippen molar-refractivity contribution in [1.82, 2.24) is 4.90 Å². The molecular weight excluding hydrogens is 214 g/mol. The average molecular weight is 239 g/mol. The van der Waals surface area contributed by atoms with Crippen LogP contribution in [0.1, 0.15) is 39.0 Å². The molecule has 0 aromatic heterocycles. The molecule has 2 saturated heterocycles. The molecule has 2 fully saturated rings. The van der Waals surface area contributed by atoms with E-state index in [0.717, 1.165) is 31.8 Å². The minimum atomic E-state index is -0.197. The Kier molecular flexibility index (Phi) is 4.57. The first-order valence-electron chi connectivity index (χ1n) is 7.04. The highest BCUT2D eigenvalue weighted by Gasteiger charge is 2.37. The van der Waals surface area contributed by atoms with E-state index in [-0.39, 0.29) is 5.41 Å². The predicted octanol–water partition coefficient (Wildman–Crippen LogP) is 2.10. The van der Waals surface area contributed by atoms with Crippen LogP contribution in [0.2, 0.25) is 0 Å². The van der Waals surface area contributed by atoms with Gasteiger partial charge in [-0.2, -0.15) is 0 Å². The van der Waals surface area contributed by atoms with Crippen LogP contribution in [-0.4, -0.2) is 44.0 Å². The lowest BCUT2D eigenvalue weighted by atomic mass is 9.86. The average Bonchev–Trinajstić information content (AvgIpc) is 2.81. The largest absolute Gasteiger partial charge is 0.380 e. The van der Waals surface area contributed by atoms with Crippen molar-refractivity contribution in [3.05, 3.63) is 0 Å². The number of carbonyl (C=O) groups excluding carboxylic acids is 1. The van der Waals surface area contributed by atoms with Crippen molar-refractivity contribution >= 4 is 6.29 Å². The Bertz CT molecular complexity index is 241. The zero-order valence-corrected chi connectivity index (χ0v) is 11.0. The standard InChI is InChI=1S/C14H25NO2/c1-2-3-13-4-7-15(8-5-13)10-14(11-16)6-9-17-12-14/h11,13H,2-10,12H2,1H3. The maximum Gasteiger partial charge on any atom is 0.129 e. The fourth-order valence-corrected chi connectivity index (χ4v) is 3.16. The zero-order valence-electron chi connectivity index (χ0n) is 11.0. The normalized spacial score (nSPS) is 31.8. The van der Waals surface area contributed by atoms with Crippen LogP contribution in [0.5, 0.6) is 0 Å². The fraction of sp³-hybridized carbons (Fsp3) is 0.929. The minimum absolute atomic E-state index is 0.197. The third kappa shape index (κ3) is 3.29. The third-order valence-electron chi connectivity index (χ3n) is 4.33. The van der Waals surface area contributed by atoms with E-state index in [4.69, 9.17) is 4.74 Å². The van der Waals surface area contributed by atoms with Gasteiger partial charge in [0, 0.05) is 13.2 Å². The summed E-state index contributed by atoms with van der Waals surface area (Å²) >= 11 is 0. The summed E-state index contributed by atoms with van der Waals surface area (Å²) in [5, 5.41) is 0. The number of piperidine rings is 1. The molecule has 98 valence electrons. The van der Waals surface area contributed by atoms with Crippen molar-refractivity contribution in [3.8, 4) is 0 Å². The lowest BCUT2D eigenvalue weighted by Gasteiger charge is -2.36. The first kappa shape index (κ1) is 13.0. The summed E-state index contributed by atoms with van der Waals surface area (Å²) < 4.78 is 5.39. The molecule has 2 aliphatic heterocycles. The van der Waals surface area contributed by atoms with E-state index in [2.05, 4.69) is 11.8 Å². The van der Waals surface area contributed by atoms with Gasteiger partial charge >= 0.3 is 0 Å². The Morgan fingerprint density at radius 1 is 1.41 bits per heavy atom. The van der Waals surface area contributed by atoms with Crippen molar-refractivity contribution in [2.45, 2.75) is 39.0 Å². The summed E-state index contributed by atoms with van der Waals surface area (Å²) in [6, 6.07) is 0. The summed E-state index contributed by atoms with van der Waals surface area (Å²) in [7, 11) is 0. The highest BCUT2D eigenvalue weighted by molar-refractivity contribution is 5.60. The van der Waals surface area contributed by atoms with Crippen LogP contribution in [0, 0.1) is 11.3 Å². The number of likely N-dealkylation sites (tertiary alicyclic amines) is 1. The summed E-state index contributed by atoms with van der Waals surface area (Å²) in [5.41, 5.74) is -0.197. The van der Waals surface area contributed by atoms with Crippen molar-refractivity contribution in [2.75, 3.05) is 32.8 Å². The SMILES string of the molecule is CCCC1CCN(CC2(C=O)CCOC2)CC1. The van der Waals surface area contributed by atoms with Crippen LogP contribution in [0.15, 0.2) is 0 Å². The monoisotopic (exact) mass is 239 g/mol. The van der Waals surface area contributed by atoms with Crippen LogP contribution in [0.4, 0.5) is 0 Å². The molecule has 0 amide bonds. The van der Waals surface area contributed by atoms with Gasteiger partial charge < -0.3 is 14.4 Å². The third-order valence-corrected chi connectivity index (χ3v) is 4.33. The molecule has 0 radical (unpaired) electrons. The van der Waals surface area contributed by atoms with Gasteiger partial charge in [0.15, 0.2) is 0 Å². The molecule has 0 N–H and O–H groups in total. The van der Waals surface area contributed by atoms with Crippen LogP contribution < -0.4 is 0 Å². The Morgan fingerprint density at radius 3 is 2.71 bits per heavy atom. The molecule has 3 nitrogen and oxygen atoms in total. The molecular formula is C14H25NO2. The van der Waals surface area contributed by atoms with Crippen LogP contribution >= 0.6 is 0 Å². The number of aldehydes is 1. The maximum atomic E-state index is 11.3. The molecule has 0 aromatic carbocycles. The second-order valence-corrected chi connectivity index (χ2v) is 5.79. The van der Waals surface area contributed by atoms with E-state index in [1.54, 1.807) is 0 Å². The van der Waals surface area contributed by atoms with E-state index in [1.165, 1.54) is 38.8 Å². The summed E-state index contributed by atoms with van der Waals surface area (Å²) in [6.07, 6.45) is 7.34. The lowest BCUT2D eigenvalue weighted by molar-refractivity contribution is -0.117. The van der Waals surface area contributed by atoms with Gasteiger partial charge in [0.05, 0.1) is 12.0 Å². The number of carbonyl (C=O) groups is 1. The first-order valence-corrected chi connectivity index (χ1v) is 7.04. The fourth-order valence-electron chi connectivity index (χ4n) is 3.16. The van der Waals surface area contributed by atoms with Crippen LogP contribution in [0.3, 0.4) is 0 Å². The Balaban J connectivity index is 1.79. The van der Waals surface area contributed by atoms with Gasteiger partial charge in [-0.15, -0.1) is 0 Å². The van der Waals surface area contributed by atoms with Crippen molar-refractivity contribution in [2.24, 2.45) is 11.3 Å². The molecule has 2 heterocycles. The molecule has 17 heavy (non-hydrogen) atoms. The van der Waals surface area contributed by atoms with Gasteiger partial charge in [-0.1, -0.05) is 19.8 Å². The van der Waals surface area contributed by atoms with Crippen molar-refractivity contribution in [1.29, 1.82) is 0 Å². The number of nitrogens with zero attached hydrogens (tertiary/aromatic N) is 1. The van der Waals surface area contributed by atoms with Gasteiger partial charge in [0.25, 0.3) is 0 Å². The minimum Gasteiger partial charge on any atom is -0.380 e. The first-order chi connectivity index (χ1) is 8.28. The maximum absolute atomic E-state index is 11.3. The summed E-state index contributed by atoms with van der Waals surface area (Å²) in [5.74, 6) is 0.920. The van der Waals surface area contributed by atoms with Gasteiger partial charge in [0.2, 0.25) is 0 Å². The molecule has 1 atom stereocenters. The van der Waals surface area contributed by atoms with Crippen molar-refractivity contribution < 1.29 is 9.53 Å². The second kappa shape index (κ2) is 5.96. The predicted molar refractivity (Wildman–Crippen MR) is 68.0 cm³/mol. The Labute approximate surface area is 105 Å². The molecule has 0 bridgehead atoms. The highest BCUT2D eigenvalue weighted by Crippen LogP contribution is 2.30. The number of hydrogen-bond acceptors (Lipinski definition) is 3. The lowest BCUT2D eigenvalue weighted by Crippen LogP contribution is -2.43. The molecule has 0 aliphatic carbocycles. The Morgan fingerprint density at radius 2 is 2.18 bits per heavy atom. The number of rotatable bonds is 5.